The van der Waals surface area contributed by atoms with E-state index in [-0.39, 0.29) is 12.4 Å². The Morgan fingerprint density at radius 2 is 2.17 bits per heavy atom. The van der Waals surface area contributed by atoms with E-state index >= 15 is 0 Å². The molecule has 0 radical (unpaired) electrons. The van der Waals surface area contributed by atoms with Crippen LogP contribution in [0.15, 0.2) is 59.9 Å². The summed E-state index contributed by atoms with van der Waals surface area (Å²) in [6.45, 7) is 0.0224. The van der Waals surface area contributed by atoms with Crippen LogP contribution in [0.1, 0.15) is 15.9 Å². The number of imidazole rings is 1. The van der Waals surface area contributed by atoms with Crippen molar-refractivity contribution in [2.24, 2.45) is 0 Å². The molecular formula is C19H16N2O2S. The minimum Gasteiger partial charge on any atom is -0.485 e. The highest BCUT2D eigenvalue weighted by molar-refractivity contribution is 7.99. The lowest BCUT2D eigenvalue weighted by Gasteiger charge is -2.10. The molecule has 1 aliphatic rings. The number of fused-ring (bicyclic) bond motifs is 1. The SMILES string of the molecule is O=C(COc1ccccc1-c1cnc[nH]1)c1ccc2c(c1)SCC2. The van der Waals surface area contributed by atoms with Crippen LogP contribution in [0.4, 0.5) is 0 Å². The first-order valence-corrected chi connectivity index (χ1v) is 8.79. The third kappa shape index (κ3) is 2.95. The smallest absolute Gasteiger partial charge is 0.200 e. The number of Topliss-reactive ketones (excluding diaryl/α,β-unsaturated/α-hetero) is 1. The largest absolute Gasteiger partial charge is 0.485 e. The van der Waals surface area contributed by atoms with E-state index in [4.69, 9.17) is 4.74 Å². The second-order valence-corrected chi connectivity index (χ2v) is 6.73. The van der Waals surface area contributed by atoms with E-state index < -0.39 is 0 Å². The molecule has 120 valence electrons. The van der Waals surface area contributed by atoms with Crippen molar-refractivity contribution in [1.82, 2.24) is 9.97 Å². The number of aryl methyl sites for hydroxylation is 1. The molecule has 24 heavy (non-hydrogen) atoms. The Bertz CT molecular complexity index is 875. The molecule has 5 heteroatoms. The Morgan fingerprint density at radius 3 is 3.04 bits per heavy atom. The third-order valence-corrected chi connectivity index (χ3v) is 5.15. The van der Waals surface area contributed by atoms with Crippen LogP contribution in [0.5, 0.6) is 5.75 Å². The van der Waals surface area contributed by atoms with Crippen LogP contribution in [0, 0.1) is 0 Å². The van der Waals surface area contributed by atoms with E-state index in [1.807, 2.05) is 48.2 Å². The van der Waals surface area contributed by atoms with Gasteiger partial charge in [0.2, 0.25) is 0 Å². The third-order valence-electron chi connectivity index (χ3n) is 4.05. The molecule has 0 spiro atoms. The molecule has 0 saturated heterocycles. The molecule has 1 N–H and O–H groups in total. The van der Waals surface area contributed by atoms with Crippen LogP contribution in [-0.2, 0) is 6.42 Å². The average Bonchev–Trinajstić information content (AvgIpc) is 3.30. The van der Waals surface area contributed by atoms with Gasteiger partial charge in [-0.2, -0.15) is 0 Å². The predicted molar refractivity (Wildman–Crippen MR) is 94.7 cm³/mol. The Balaban J connectivity index is 1.50. The number of carbonyl (C=O) groups is 1. The molecule has 1 aliphatic heterocycles. The molecule has 0 amide bonds. The van der Waals surface area contributed by atoms with Crippen LogP contribution >= 0.6 is 11.8 Å². The first-order valence-electron chi connectivity index (χ1n) is 7.81. The van der Waals surface area contributed by atoms with Gasteiger partial charge in [0.1, 0.15) is 5.75 Å². The van der Waals surface area contributed by atoms with Crippen molar-refractivity contribution in [3.8, 4) is 17.0 Å². The minimum absolute atomic E-state index is 0.00952. The van der Waals surface area contributed by atoms with Gasteiger partial charge < -0.3 is 9.72 Å². The van der Waals surface area contributed by atoms with Crippen LogP contribution in [0.2, 0.25) is 0 Å². The number of aromatic amines is 1. The molecule has 2 heterocycles. The number of rotatable bonds is 5. The van der Waals surface area contributed by atoms with Crippen molar-refractivity contribution in [2.45, 2.75) is 11.3 Å². The molecule has 1 aromatic heterocycles. The van der Waals surface area contributed by atoms with Crippen molar-refractivity contribution in [2.75, 3.05) is 12.4 Å². The molecule has 0 aliphatic carbocycles. The standard InChI is InChI=1S/C19H16N2O2S/c22-17(14-6-5-13-7-8-24-19(13)9-14)11-23-18-4-2-1-3-15(18)16-10-20-12-21-16/h1-6,9-10,12H,7-8,11H2,(H,20,21). The van der Waals surface area contributed by atoms with Crippen molar-refractivity contribution in [1.29, 1.82) is 0 Å². The quantitative estimate of drug-likeness (QED) is 0.716. The number of carbonyl (C=O) groups excluding carboxylic acids is 1. The molecule has 3 aromatic rings. The van der Waals surface area contributed by atoms with Crippen LogP contribution in [-0.4, -0.2) is 28.1 Å². The average molecular weight is 336 g/mol. The summed E-state index contributed by atoms with van der Waals surface area (Å²) in [7, 11) is 0. The molecule has 4 nitrogen and oxygen atoms in total. The summed E-state index contributed by atoms with van der Waals surface area (Å²) in [5.41, 5.74) is 3.81. The monoisotopic (exact) mass is 336 g/mol. The number of aromatic nitrogens is 2. The zero-order valence-corrected chi connectivity index (χ0v) is 13.8. The normalized spacial score (nSPS) is 12.8. The summed E-state index contributed by atoms with van der Waals surface area (Å²) in [6.07, 6.45) is 4.45. The highest BCUT2D eigenvalue weighted by Crippen LogP contribution is 2.32. The fourth-order valence-electron chi connectivity index (χ4n) is 2.78. The Kier molecular flexibility index (Phi) is 4.09. The molecule has 0 bridgehead atoms. The minimum atomic E-state index is -0.00952. The number of nitrogens with zero attached hydrogens (tertiary/aromatic N) is 1. The van der Waals surface area contributed by atoms with Crippen LogP contribution < -0.4 is 4.74 Å². The van der Waals surface area contributed by atoms with E-state index in [1.54, 1.807) is 12.5 Å². The van der Waals surface area contributed by atoms with Crippen LogP contribution in [0.3, 0.4) is 0 Å². The van der Waals surface area contributed by atoms with Gasteiger partial charge in [0, 0.05) is 21.8 Å². The molecule has 0 fully saturated rings. The van der Waals surface area contributed by atoms with Gasteiger partial charge in [-0.05, 0) is 30.2 Å². The maximum atomic E-state index is 12.5. The van der Waals surface area contributed by atoms with E-state index in [1.165, 1.54) is 10.5 Å². The summed E-state index contributed by atoms with van der Waals surface area (Å²) < 4.78 is 5.79. The number of para-hydroxylation sites is 1. The maximum absolute atomic E-state index is 12.5. The van der Waals surface area contributed by atoms with Gasteiger partial charge in [-0.3, -0.25) is 4.79 Å². The Labute approximate surface area is 144 Å². The summed E-state index contributed by atoms with van der Waals surface area (Å²) in [5, 5.41) is 0. The zero-order chi connectivity index (χ0) is 16.4. The van der Waals surface area contributed by atoms with Crippen molar-refractivity contribution < 1.29 is 9.53 Å². The topological polar surface area (TPSA) is 55.0 Å². The van der Waals surface area contributed by atoms with Crippen LogP contribution in [0.25, 0.3) is 11.3 Å². The molecular weight excluding hydrogens is 320 g/mol. The van der Waals surface area contributed by atoms with Crippen molar-refractivity contribution in [3.05, 3.63) is 66.1 Å². The van der Waals surface area contributed by atoms with Gasteiger partial charge in [0.25, 0.3) is 0 Å². The highest BCUT2D eigenvalue weighted by Gasteiger charge is 2.15. The summed E-state index contributed by atoms with van der Waals surface area (Å²) >= 11 is 1.81. The van der Waals surface area contributed by atoms with Crippen molar-refractivity contribution in [3.63, 3.8) is 0 Å². The van der Waals surface area contributed by atoms with E-state index in [0.29, 0.717) is 11.3 Å². The number of benzene rings is 2. The van der Waals surface area contributed by atoms with Gasteiger partial charge in [-0.15, -0.1) is 11.8 Å². The molecule has 4 rings (SSSR count). The van der Waals surface area contributed by atoms with Gasteiger partial charge in [-0.1, -0.05) is 24.3 Å². The van der Waals surface area contributed by atoms with E-state index in [0.717, 1.165) is 23.4 Å². The molecule has 0 saturated carbocycles. The second-order valence-electron chi connectivity index (χ2n) is 5.59. The van der Waals surface area contributed by atoms with Gasteiger partial charge >= 0.3 is 0 Å². The number of ketones is 1. The fraction of sp³-hybridized carbons (Fsp3) is 0.158. The summed E-state index contributed by atoms with van der Waals surface area (Å²) in [6, 6.07) is 13.6. The maximum Gasteiger partial charge on any atom is 0.200 e. The number of thioether (sulfide) groups is 1. The first kappa shape index (κ1) is 15.0. The fourth-order valence-corrected chi connectivity index (χ4v) is 3.89. The highest BCUT2D eigenvalue weighted by atomic mass is 32.2. The van der Waals surface area contributed by atoms with Gasteiger partial charge in [0.05, 0.1) is 18.2 Å². The molecule has 2 aromatic carbocycles. The number of nitrogens with one attached hydrogen (secondary N) is 1. The summed E-state index contributed by atoms with van der Waals surface area (Å²) in [4.78, 5) is 20.8. The van der Waals surface area contributed by atoms with Gasteiger partial charge in [-0.25, -0.2) is 4.98 Å². The Morgan fingerprint density at radius 1 is 1.25 bits per heavy atom. The number of hydrogen-bond donors (Lipinski definition) is 1. The van der Waals surface area contributed by atoms with Gasteiger partial charge in [0.15, 0.2) is 12.4 Å². The summed E-state index contributed by atoms with van der Waals surface area (Å²) in [5.74, 6) is 1.76. The van der Waals surface area contributed by atoms with Crippen molar-refractivity contribution >= 4 is 17.5 Å². The zero-order valence-electron chi connectivity index (χ0n) is 13.0. The lowest BCUT2D eigenvalue weighted by atomic mass is 10.1. The second kappa shape index (κ2) is 6.53. The van der Waals surface area contributed by atoms with E-state index in [9.17, 15) is 4.79 Å². The number of hydrogen-bond acceptors (Lipinski definition) is 4. The lowest BCUT2D eigenvalue weighted by molar-refractivity contribution is 0.0921. The number of H-pyrrole nitrogens is 1. The molecule has 0 atom stereocenters. The number of ether oxygens (including phenoxy) is 1. The lowest BCUT2D eigenvalue weighted by Crippen LogP contribution is -2.12. The predicted octanol–water partition coefficient (Wildman–Crippen LogP) is 3.99. The Hall–Kier alpha value is -2.53. The molecule has 0 unspecified atom stereocenters. The van der Waals surface area contributed by atoms with E-state index in [2.05, 4.69) is 16.0 Å². The first-order chi connectivity index (χ1) is 11.8.